The molecule has 0 spiro atoms. The average Bonchev–Trinajstić information content (AvgIpc) is 3.28. The Balaban J connectivity index is 2.33. The summed E-state index contributed by atoms with van der Waals surface area (Å²) in [6, 6.07) is 0. The van der Waals surface area contributed by atoms with Gasteiger partial charge < -0.3 is 30.5 Å². The first-order valence-electron chi connectivity index (χ1n) is 13.6. The highest BCUT2D eigenvalue weighted by Crippen LogP contribution is 2.14. The molecule has 0 bridgehead atoms. The quantitative estimate of drug-likeness (QED) is 0.0691. The summed E-state index contributed by atoms with van der Waals surface area (Å²) >= 11 is 0. The minimum Gasteiger partial charge on any atom is -0.481 e. The van der Waals surface area contributed by atoms with E-state index >= 15 is 0 Å². The lowest BCUT2D eigenvalue weighted by molar-refractivity contribution is -0.141. The van der Waals surface area contributed by atoms with Gasteiger partial charge in [-0.25, -0.2) is 0 Å². The largest absolute Gasteiger partial charge is 0.481 e. The third-order valence-corrected chi connectivity index (χ3v) is 5.99. The summed E-state index contributed by atoms with van der Waals surface area (Å²) in [7, 11) is 1.54. The summed E-state index contributed by atoms with van der Waals surface area (Å²) < 4.78 is 10.0. The zero-order chi connectivity index (χ0) is 32.2. The summed E-state index contributed by atoms with van der Waals surface area (Å²) in [6.07, 6.45) is 0.216. The van der Waals surface area contributed by atoms with E-state index in [0.29, 0.717) is 24.7 Å². The molecule has 0 unspecified atom stereocenters. The minimum absolute atomic E-state index is 0.0598. The Morgan fingerprint density at radius 2 is 1.35 bits per heavy atom. The summed E-state index contributed by atoms with van der Waals surface area (Å²) in [5.74, 6) is -6.93. The van der Waals surface area contributed by atoms with E-state index in [1.165, 1.54) is 0 Å². The van der Waals surface area contributed by atoms with Gasteiger partial charge in [-0.3, -0.25) is 48.1 Å². The summed E-state index contributed by atoms with van der Waals surface area (Å²) in [4.78, 5) is 108. The van der Waals surface area contributed by atoms with Crippen LogP contribution in [-0.4, -0.2) is 116 Å². The van der Waals surface area contributed by atoms with Crippen molar-refractivity contribution in [3.63, 3.8) is 0 Å². The number of aliphatic carboxylic acids is 1. The predicted octanol–water partition coefficient (Wildman–Crippen LogP) is -1.94. The number of hydrogen-bond donors (Lipinski definition) is 4. The number of hydrogen-bond acceptors (Lipinski definition) is 11. The molecular formula is C27H38N4O12. The van der Waals surface area contributed by atoms with Crippen LogP contribution in [0.25, 0.3) is 0 Å². The van der Waals surface area contributed by atoms with Crippen molar-refractivity contribution in [2.24, 2.45) is 5.92 Å². The average molecular weight is 611 g/mol. The molecule has 43 heavy (non-hydrogen) atoms. The van der Waals surface area contributed by atoms with Gasteiger partial charge in [0.15, 0.2) is 17.3 Å². The first-order chi connectivity index (χ1) is 20.4. The lowest BCUT2D eigenvalue weighted by atomic mass is 9.95. The smallest absolute Gasteiger partial charge is 0.303 e. The van der Waals surface area contributed by atoms with E-state index in [2.05, 4.69) is 16.0 Å². The Morgan fingerprint density at radius 3 is 1.93 bits per heavy atom. The summed E-state index contributed by atoms with van der Waals surface area (Å²) in [5.41, 5.74) is 0. The number of carbonyl (C=O) groups is 9. The van der Waals surface area contributed by atoms with Crippen molar-refractivity contribution in [3.8, 4) is 0 Å². The Kier molecular flexibility index (Phi) is 17.5. The van der Waals surface area contributed by atoms with Gasteiger partial charge in [-0.1, -0.05) is 0 Å². The van der Waals surface area contributed by atoms with Gasteiger partial charge in [-0.05, 0) is 6.42 Å². The van der Waals surface area contributed by atoms with Crippen LogP contribution < -0.4 is 16.0 Å². The number of methoxy groups -OCH3 is 1. The van der Waals surface area contributed by atoms with Gasteiger partial charge >= 0.3 is 5.97 Å². The highest BCUT2D eigenvalue weighted by Gasteiger charge is 2.29. The molecule has 0 aromatic heterocycles. The number of carbonyl (C=O) groups excluding carboxylic acids is 8. The van der Waals surface area contributed by atoms with Crippen molar-refractivity contribution in [1.82, 2.24) is 20.9 Å². The molecule has 238 valence electrons. The SMILES string of the molecule is COCCOCCNC(=O)CCC(=O)CNC(=O)CCC(=O)CNC(=O)[C@H](CCC(=O)O)CC(=O)CN1C(=O)C=CC1=O. The fourth-order valence-corrected chi connectivity index (χ4v) is 3.62. The summed E-state index contributed by atoms with van der Waals surface area (Å²) in [6.45, 7) is 0.0439. The number of amides is 5. The molecule has 5 amide bonds. The lowest BCUT2D eigenvalue weighted by Crippen LogP contribution is -2.39. The lowest BCUT2D eigenvalue weighted by Gasteiger charge is -2.17. The fourth-order valence-electron chi connectivity index (χ4n) is 3.62. The number of nitrogens with one attached hydrogen (secondary N) is 3. The van der Waals surface area contributed by atoms with E-state index in [1.54, 1.807) is 7.11 Å². The fraction of sp³-hybridized carbons (Fsp3) is 0.593. The van der Waals surface area contributed by atoms with Crippen LogP contribution in [0.3, 0.4) is 0 Å². The second kappa shape index (κ2) is 20.5. The van der Waals surface area contributed by atoms with Crippen molar-refractivity contribution < 1.29 is 57.7 Å². The van der Waals surface area contributed by atoms with Crippen molar-refractivity contribution in [2.75, 3.05) is 53.1 Å². The molecule has 0 aliphatic carbocycles. The van der Waals surface area contributed by atoms with Crippen LogP contribution in [0.5, 0.6) is 0 Å². The molecule has 1 heterocycles. The molecule has 1 aliphatic heterocycles. The maximum absolute atomic E-state index is 12.6. The molecule has 0 aromatic carbocycles. The molecule has 0 saturated heterocycles. The third-order valence-electron chi connectivity index (χ3n) is 5.99. The van der Waals surface area contributed by atoms with Gasteiger partial charge in [0.05, 0.1) is 39.5 Å². The van der Waals surface area contributed by atoms with Crippen LogP contribution in [0.4, 0.5) is 0 Å². The Hall–Kier alpha value is -4.31. The molecule has 1 aliphatic rings. The van der Waals surface area contributed by atoms with Crippen LogP contribution in [-0.2, 0) is 52.6 Å². The monoisotopic (exact) mass is 610 g/mol. The van der Waals surface area contributed by atoms with Gasteiger partial charge in [-0.15, -0.1) is 0 Å². The van der Waals surface area contributed by atoms with Crippen molar-refractivity contribution in [1.29, 1.82) is 0 Å². The van der Waals surface area contributed by atoms with Crippen LogP contribution in [0.2, 0.25) is 0 Å². The van der Waals surface area contributed by atoms with Gasteiger partial charge in [-0.2, -0.15) is 0 Å². The first kappa shape index (κ1) is 36.7. The van der Waals surface area contributed by atoms with Crippen LogP contribution in [0.1, 0.15) is 44.9 Å². The number of carboxylic acids is 1. The Bertz CT molecular complexity index is 1070. The Labute approximate surface area is 247 Å². The van der Waals surface area contributed by atoms with Gasteiger partial charge in [0.2, 0.25) is 17.7 Å². The number of Topliss-reactive ketones (excluding diaryl/α,β-unsaturated/α-hetero) is 3. The number of imide groups is 1. The standard InChI is InChI=1S/C27H38N4O12/c1-42-12-13-43-11-10-28-22(35)5-3-19(32)15-29-23(36)6-4-20(33)16-30-27(41)18(2-9-26(39)40)14-21(34)17-31-24(37)7-8-25(31)38/h7-8,18H,2-6,9-17H2,1H3,(H,28,35)(H,29,36)(H,30,41)(H,39,40)/t18-/m1/s1. The molecule has 0 aromatic rings. The zero-order valence-electron chi connectivity index (χ0n) is 24.0. The highest BCUT2D eigenvalue weighted by molar-refractivity contribution is 6.14. The molecule has 16 heteroatoms. The third kappa shape index (κ3) is 16.7. The van der Waals surface area contributed by atoms with E-state index in [1.807, 2.05) is 0 Å². The van der Waals surface area contributed by atoms with E-state index < -0.39 is 73.0 Å². The normalized spacial score (nSPS) is 13.0. The molecule has 1 rings (SSSR count). The molecule has 16 nitrogen and oxygen atoms in total. The van der Waals surface area contributed by atoms with E-state index in [0.717, 1.165) is 12.2 Å². The number of carboxylic acid groups (broad SMARTS) is 1. The zero-order valence-corrected chi connectivity index (χ0v) is 24.0. The number of nitrogens with zero attached hydrogens (tertiary/aromatic N) is 1. The van der Waals surface area contributed by atoms with Gasteiger partial charge in [0.1, 0.15) is 0 Å². The van der Waals surface area contributed by atoms with Crippen LogP contribution in [0.15, 0.2) is 12.2 Å². The molecular weight excluding hydrogens is 572 g/mol. The van der Waals surface area contributed by atoms with Crippen LogP contribution in [0, 0.1) is 5.92 Å². The highest BCUT2D eigenvalue weighted by atomic mass is 16.5. The van der Waals surface area contributed by atoms with Gasteiger partial charge in [0, 0.05) is 70.2 Å². The number of ketones is 3. The van der Waals surface area contributed by atoms with Gasteiger partial charge in [0.25, 0.3) is 11.8 Å². The topological polar surface area (TPSA) is 232 Å². The molecule has 0 radical (unpaired) electrons. The Morgan fingerprint density at radius 1 is 0.767 bits per heavy atom. The van der Waals surface area contributed by atoms with Crippen LogP contribution >= 0.6 is 0 Å². The molecule has 0 saturated carbocycles. The molecule has 0 fully saturated rings. The maximum atomic E-state index is 12.6. The van der Waals surface area contributed by atoms with Crippen molar-refractivity contribution >= 4 is 52.9 Å². The predicted molar refractivity (Wildman–Crippen MR) is 146 cm³/mol. The summed E-state index contributed by atoms with van der Waals surface area (Å²) in [5, 5.41) is 16.2. The molecule has 4 N–H and O–H groups in total. The minimum atomic E-state index is -1.21. The maximum Gasteiger partial charge on any atom is 0.303 e. The number of rotatable bonds is 24. The van der Waals surface area contributed by atoms with Crippen molar-refractivity contribution in [3.05, 3.63) is 12.2 Å². The second-order valence-electron chi connectivity index (χ2n) is 9.50. The van der Waals surface area contributed by atoms with E-state index in [4.69, 9.17) is 14.6 Å². The first-order valence-corrected chi connectivity index (χ1v) is 13.6. The molecule has 1 atom stereocenters. The van der Waals surface area contributed by atoms with E-state index in [-0.39, 0.29) is 56.9 Å². The van der Waals surface area contributed by atoms with E-state index in [9.17, 15) is 43.2 Å². The number of ether oxygens (including phenoxy) is 2. The van der Waals surface area contributed by atoms with Crippen molar-refractivity contribution in [2.45, 2.75) is 44.9 Å². The second-order valence-corrected chi connectivity index (χ2v) is 9.50.